The lowest BCUT2D eigenvalue weighted by molar-refractivity contribution is 0.0728. The molecule has 0 spiro atoms. The van der Waals surface area contributed by atoms with Crippen LogP contribution in [0.2, 0.25) is 0 Å². The van der Waals surface area contributed by atoms with E-state index in [1.165, 1.54) is 23.0 Å². The molecule has 1 saturated heterocycles. The van der Waals surface area contributed by atoms with E-state index in [2.05, 4.69) is 30.7 Å². The number of nitrogens with one attached hydrogen (secondary N) is 2. The summed E-state index contributed by atoms with van der Waals surface area (Å²) >= 11 is 0. The van der Waals surface area contributed by atoms with Crippen molar-refractivity contribution >= 4 is 33.0 Å². The van der Waals surface area contributed by atoms with Crippen LogP contribution in [0.3, 0.4) is 0 Å². The molecule has 0 aliphatic carbocycles. The average Bonchev–Trinajstić information content (AvgIpc) is 3.52. The van der Waals surface area contributed by atoms with Crippen molar-refractivity contribution in [3.63, 3.8) is 0 Å². The third-order valence-corrected chi connectivity index (χ3v) is 7.67. The second-order valence-corrected chi connectivity index (χ2v) is 9.91. The Bertz CT molecular complexity index is 1550. The van der Waals surface area contributed by atoms with E-state index in [0.29, 0.717) is 42.3 Å². The molecule has 12 nitrogen and oxygen atoms in total. The van der Waals surface area contributed by atoms with Crippen molar-refractivity contribution in [1.29, 1.82) is 0 Å². The number of benzene rings is 1. The number of morpholine rings is 1. The molecule has 2 N–H and O–H groups in total. The van der Waals surface area contributed by atoms with Gasteiger partial charge in [-0.2, -0.15) is 9.40 Å². The lowest BCUT2D eigenvalue weighted by Crippen LogP contribution is -2.41. The number of aromatic nitrogens is 5. The number of nitrogens with zero attached hydrogens (tertiary/aromatic N) is 6. The van der Waals surface area contributed by atoms with Gasteiger partial charge in [0.05, 0.1) is 42.7 Å². The summed E-state index contributed by atoms with van der Waals surface area (Å²) in [5.74, 6) is -0.0667. The summed E-state index contributed by atoms with van der Waals surface area (Å²) in [6.07, 6.45) is 4.30. The molecule has 13 heteroatoms. The number of carbonyl (C=O) groups is 1. The second-order valence-electron chi connectivity index (χ2n) is 8.08. The third kappa shape index (κ3) is 3.79. The Morgan fingerprint density at radius 1 is 1.03 bits per heavy atom. The first kappa shape index (κ1) is 21.6. The van der Waals surface area contributed by atoms with E-state index < -0.39 is 10.0 Å². The largest absolute Gasteiger partial charge is 0.379 e. The number of hydrogen-bond acceptors (Lipinski definition) is 9. The lowest BCUT2D eigenvalue weighted by atomic mass is 10.0. The fourth-order valence-electron chi connectivity index (χ4n) is 4.19. The molecule has 178 valence electrons. The molecular formula is C22H20N8O4S. The zero-order valence-corrected chi connectivity index (χ0v) is 19.2. The van der Waals surface area contributed by atoms with Crippen molar-refractivity contribution in [2.75, 3.05) is 31.6 Å². The minimum absolute atomic E-state index is 0.0667. The summed E-state index contributed by atoms with van der Waals surface area (Å²) < 4.78 is 33.7. The Labute approximate surface area is 200 Å². The molecule has 1 fully saturated rings. The number of fused-ring (bicyclic) bond motifs is 2. The van der Waals surface area contributed by atoms with Crippen LogP contribution in [-0.4, -0.2) is 69.5 Å². The quantitative estimate of drug-likeness (QED) is 0.393. The first-order chi connectivity index (χ1) is 17.0. The zero-order valence-electron chi connectivity index (χ0n) is 18.4. The van der Waals surface area contributed by atoms with Gasteiger partial charge in [0.1, 0.15) is 6.33 Å². The van der Waals surface area contributed by atoms with E-state index in [0.717, 1.165) is 16.8 Å². The monoisotopic (exact) mass is 492 g/mol. The highest BCUT2D eigenvalue weighted by Crippen LogP contribution is 2.29. The predicted octanol–water partition coefficient (Wildman–Crippen LogP) is 1.19. The van der Waals surface area contributed by atoms with Gasteiger partial charge < -0.3 is 15.4 Å². The molecule has 2 aliphatic rings. The van der Waals surface area contributed by atoms with Crippen LogP contribution < -0.4 is 10.6 Å². The van der Waals surface area contributed by atoms with Gasteiger partial charge in [0, 0.05) is 30.8 Å². The van der Waals surface area contributed by atoms with Crippen molar-refractivity contribution in [1.82, 2.24) is 34.2 Å². The normalized spacial score (nSPS) is 16.3. The van der Waals surface area contributed by atoms with E-state index in [-0.39, 0.29) is 24.2 Å². The molecule has 3 aromatic heterocycles. The number of amides is 1. The molecule has 0 bridgehead atoms. The van der Waals surface area contributed by atoms with E-state index in [9.17, 15) is 13.2 Å². The molecule has 35 heavy (non-hydrogen) atoms. The number of anilines is 2. The maximum absolute atomic E-state index is 12.7. The number of carbonyl (C=O) groups excluding carboxylic acids is 1. The standard InChI is InChI=1S/C22H20N8O4S/c31-21-17-2-1-14(9-15(17)10-23-21)19-4-3-18(20-26-13-27-30(19)20)28-16-11-24-22(25-12-16)35(32,33)29-5-7-34-8-6-29/h1-4,9,11-13,28H,5-8,10H2,(H,23,31). The highest BCUT2D eigenvalue weighted by atomic mass is 32.2. The molecule has 5 heterocycles. The van der Waals surface area contributed by atoms with E-state index >= 15 is 0 Å². The Morgan fingerprint density at radius 2 is 1.83 bits per heavy atom. The first-order valence-electron chi connectivity index (χ1n) is 10.9. The van der Waals surface area contributed by atoms with Gasteiger partial charge in [-0.05, 0) is 29.8 Å². The Balaban J connectivity index is 1.27. The maximum Gasteiger partial charge on any atom is 0.278 e. The topological polar surface area (TPSA) is 144 Å². The number of hydrogen-bond donors (Lipinski definition) is 2. The molecule has 0 unspecified atom stereocenters. The van der Waals surface area contributed by atoms with Crippen molar-refractivity contribution in [3.05, 3.63) is 60.2 Å². The second kappa shape index (κ2) is 8.37. The molecule has 0 radical (unpaired) electrons. The Hall–Kier alpha value is -3.94. The van der Waals surface area contributed by atoms with Gasteiger partial charge >= 0.3 is 0 Å². The molecule has 1 amide bonds. The van der Waals surface area contributed by atoms with Crippen molar-refractivity contribution < 1.29 is 17.9 Å². The van der Waals surface area contributed by atoms with Gasteiger partial charge in [-0.1, -0.05) is 6.07 Å². The fourth-order valence-corrected chi connectivity index (χ4v) is 5.42. The smallest absolute Gasteiger partial charge is 0.278 e. The maximum atomic E-state index is 12.7. The lowest BCUT2D eigenvalue weighted by Gasteiger charge is -2.25. The molecule has 0 saturated carbocycles. The minimum Gasteiger partial charge on any atom is -0.379 e. The Morgan fingerprint density at radius 3 is 2.63 bits per heavy atom. The third-order valence-electron chi connectivity index (χ3n) is 5.96. The number of pyridine rings is 1. The van der Waals surface area contributed by atoms with Gasteiger partial charge in [-0.15, -0.1) is 0 Å². The van der Waals surface area contributed by atoms with Crippen LogP contribution in [0, 0.1) is 0 Å². The van der Waals surface area contributed by atoms with Crippen molar-refractivity contribution in [2.24, 2.45) is 0 Å². The van der Waals surface area contributed by atoms with Crippen molar-refractivity contribution in [3.8, 4) is 11.3 Å². The van der Waals surface area contributed by atoms with E-state index in [1.54, 1.807) is 4.52 Å². The van der Waals surface area contributed by atoms with E-state index in [1.807, 2.05) is 30.3 Å². The molecule has 1 aromatic carbocycles. The van der Waals surface area contributed by atoms with Gasteiger partial charge in [-0.25, -0.2) is 27.9 Å². The van der Waals surface area contributed by atoms with Crippen LogP contribution in [0.1, 0.15) is 15.9 Å². The highest BCUT2D eigenvalue weighted by Gasteiger charge is 2.29. The van der Waals surface area contributed by atoms with Crippen molar-refractivity contribution in [2.45, 2.75) is 11.7 Å². The number of rotatable bonds is 5. The van der Waals surface area contributed by atoms with Crippen LogP contribution >= 0.6 is 0 Å². The summed E-state index contributed by atoms with van der Waals surface area (Å²) in [6, 6.07) is 9.42. The molecule has 6 rings (SSSR count). The summed E-state index contributed by atoms with van der Waals surface area (Å²) in [4.78, 5) is 24.4. The van der Waals surface area contributed by atoms with E-state index in [4.69, 9.17) is 4.74 Å². The summed E-state index contributed by atoms with van der Waals surface area (Å²) in [7, 11) is -3.77. The SMILES string of the molecule is O=C1NCc2cc(-c3ccc(Nc4cnc(S(=O)(=O)N5CCOCC5)nc4)c4ncnn34)ccc21. The summed E-state index contributed by atoms with van der Waals surface area (Å²) in [6.45, 7) is 1.76. The molecular weight excluding hydrogens is 472 g/mol. The molecule has 2 aliphatic heterocycles. The van der Waals surface area contributed by atoms with Gasteiger partial charge in [-0.3, -0.25) is 4.79 Å². The average molecular weight is 493 g/mol. The van der Waals surface area contributed by atoms with Crippen LogP contribution in [0.5, 0.6) is 0 Å². The molecule has 4 aromatic rings. The summed E-state index contributed by atoms with van der Waals surface area (Å²) in [5, 5.41) is 10.1. The fraction of sp³-hybridized carbons (Fsp3) is 0.227. The molecule has 0 atom stereocenters. The first-order valence-corrected chi connectivity index (χ1v) is 12.4. The van der Waals surface area contributed by atoms with Gasteiger partial charge in [0.15, 0.2) is 5.65 Å². The highest BCUT2D eigenvalue weighted by molar-refractivity contribution is 7.88. The zero-order chi connectivity index (χ0) is 24.0. The minimum atomic E-state index is -3.77. The van der Waals surface area contributed by atoms with Gasteiger partial charge in [0.2, 0.25) is 0 Å². The predicted molar refractivity (Wildman–Crippen MR) is 124 cm³/mol. The van der Waals surface area contributed by atoms with Crippen LogP contribution in [0.25, 0.3) is 16.9 Å². The Kier molecular flexibility index (Phi) is 5.16. The number of ether oxygens (including phenoxy) is 1. The summed E-state index contributed by atoms with van der Waals surface area (Å²) in [5.41, 5.74) is 5.06. The van der Waals surface area contributed by atoms with Crippen LogP contribution in [0.15, 0.2) is 54.2 Å². The van der Waals surface area contributed by atoms with Gasteiger partial charge in [0.25, 0.3) is 21.1 Å². The number of sulfonamides is 1. The van der Waals surface area contributed by atoms with Crippen LogP contribution in [0.4, 0.5) is 11.4 Å². The van der Waals surface area contributed by atoms with Crippen LogP contribution in [-0.2, 0) is 21.3 Å².